The van der Waals surface area contributed by atoms with Crippen molar-refractivity contribution in [2.45, 2.75) is 57.9 Å². The second-order valence-corrected chi connectivity index (χ2v) is 7.98. The predicted octanol–water partition coefficient (Wildman–Crippen LogP) is 2.96. The molecule has 2 saturated heterocycles. The second kappa shape index (κ2) is 6.37. The van der Waals surface area contributed by atoms with Crippen LogP contribution < -0.4 is 0 Å². The Morgan fingerprint density at radius 1 is 1.25 bits per heavy atom. The van der Waals surface area contributed by atoms with Crippen molar-refractivity contribution < 1.29 is 19.4 Å². The summed E-state index contributed by atoms with van der Waals surface area (Å²) in [5.74, 6) is 0. The largest absolute Gasteiger partial charge is 0.445 e. The molecule has 1 N–H and O–H groups in total. The Kier molecular flexibility index (Phi) is 4.58. The number of fused-ring (bicyclic) bond motifs is 2. The zero-order valence-electron chi connectivity index (χ0n) is 14.7. The van der Waals surface area contributed by atoms with E-state index in [1.165, 1.54) is 0 Å². The molecule has 1 aromatic carbocycles. The number of carbonyl (C=O) groups is 1. The Morgan fingerprint density at radius 2 is 1.83 bits per heavy atom. The number of nitrogens with zero attached hydrogens (tertiary/aromatic N) is 1. The molecule has 2 fully saturated rings. The van der Waals surface area contributed by atoms with Crippen LogP contribution in [0.4, 0.5) is 4.79 Å². The van der Waals surface area contributed by atoms with Gasteiger partial charge >= 0.3 is 6.09 Å². The third-order valence-corrected chi connectivity index (χ3v) is 5.37. The van der Waals surface area contributed by atoms with Crippen LogP contribution in [0, 0.1) is 5.41 Å². The molecule has 2 bridgehead atoms. The van der Waals surface area contributed by atoms with Crippen molar-refractivity contribution in [1.29, 1.82) is 0 Å². The molecule has 5 heteroatoms. The number of carbonyl (C=O) groups excluding carboxylic acids is 1. The standard InChI is InChI=1S/C19H27NO4/c1-18(2,3)19(22)9-15-12-23-13-16(10-19)20(15)17(21)24-11-14-7-5-4-6-8-14/h4-8,15-16,22H,9-13H2,1-3H3. The highest BCUT2D eigenvalue weighted by Crippen LogP contribution is 2.44. The Hall–Kier alpha value is -1.59. The van der Waals surface area contributed by atoms with Crippen molar-refractivity contribution in [2.75, 3.05) is 13.2 Å². The number of hydrogen-bond donors (Lipinski definition) is 1. The highest BCUT2D eigenvalue weighted by Gasteiger charge is 2.53. The first kappa shape index (κ1) is 17.2. The van der Waals surface area contributed by atoms with E-state index in [1.807, 2.05) is 51.1 Å². The van der Waals surface area contributed by atoms with Crippen LogP contribution in [-0.4, -0.2) is 47.0 Å². The van der Waals surface area contributed by atoms with E-state index in [-0.39, 0.29) is 30.2 Å². The molecule has 5 nitrogen and oxygen atoms in total. The van der Waals surface area contributed by atoms with Gasteiger partial charge in [0, 0.05) is 0 Å². The van der Waals surface area contributed by atoms with Crippen LogP contribution in [0.15, 0.2) is 30.3 Å². The van der Waals surface area contributed by atoms with Crippen LogP contribution in [0.3, 0.4) is 0 Å². The molecular formula is C19H27NO4. The Labute approximate surface area is 143 Å². The van der Waals surface area contributed by atoms with Gasteiger partial charge in [0.2, 0.25) is 0 Å². The third kappa shape index (κ3) is 3.28. The fraction of sp³-hybridized carbons (Fsp3) is 0.632. The minimum absolute atomic E-state index is 0.134. The number of aliphatic hydroxyl groups is 1. The number of piperidine rings is 1. The summed E-state index contributed by atoms with van der Waals surface area (Å²) in [6, 6.07) is 9.39. The molecule has 0 spiro atoms. The lowest BCUT2D eigenvalue weighted by molar-refractivity contribution is -0.169. The first-order valence-electron chi connectivity index (χ1n) is 8.59. The lowest BCUT2D eigenvalue weighted by atomic mass is 9.67. The third-order valence-electron chi connectivity index (χ3n) is 5.37. The molecule has 0 saturated carbocycles. The van der Waals surface area contributed by atoms with E-state index >= 15 is 0 Å². The molecule has 1 amide bonds. The fourth-order valence-electron chi connectivity index (χ4n) is 3.68. The van der Waals surface area contributed by atoms with Gasteiger partial charge in [0.15, 0.2) is 0 Å². The monoisotopic (exact) mass is 333 g/mol. The van der Waals surface area contributed by atoms with E-state index in [4.69, 9.17) is 9.47 Å². The minimum atomic E-state index is -0.789. The molecule has 2 aliphatic rings. The molecule has 24 heavy (non-hydrogen) atoms. The van der Waals surface area contributed by atoms with Crippen LogP contribution in [0.5, 0.6) is 0 Å². The molecule has 2 unspecified atom stereocenters. The summed E-state index contributed by atoms with van der Waals surface area (Å²) in [5.41, 5.74) is -0.0566. The summed E-state index contributed by atoms with van der Waals surface area (Å²) in [4.78, 5) is 14.4. The predicted molar refractivity (Wildman–Crippen MR) is 90.5 cm³/mol. The maximum atomic E-state index is 12.6. The molecule has 2 atom stereocenters. The fourth-order valence-corrected chi connectivity index (χ4v) is 3.68. The van der Waals surface area contributed by atoms with Gasteiger partial charge in [-0.3, -0.25) is 4.90 Å². The van der Waals surface area contributed by atoms with Crippen LogP contribution >= 0.6 is 0 Å². The highest BCUT2D eigenvalue weighted by molar-refractivity contribution is 5.69. The van der Waals surface area contributed by atoms with E-state index in [9.17, 15) is 9.90 Å². The van der Waals surface area contributed by atoms with E-state index in [0.29, 0.717) is 26.1 Å². The van der Waals surface area contributed by atoms with E-state index in [1.54, 1.807) is 4.90 Å². The summed E-state index contributed by atoms with van der Waals surface area (Å²) < 4.78 is 11.1. The lowest BCUT2D eigenvalue weighted by Gasteiger charge is -2.54. The van der Waals surface area contributed by atoms with Gasteiger partial charge in [-0.05, 0) is 23.8 Å². The van der Waals surface area contributed by atoms with Crippen molar-refractivity contribution >= 4 is 6.09 Å². The normalized spacial score (nSPS) is 30.1. The van der Waals surface area contributed by atoms with Crippen molar-refractivity contribution in [2.24, 2.45) is 5.41 Å². The topological polar surface area (TPSA) is 59.0 Å². The van der Waals surface area contributed by atoms with Gasteiger partial charge in [-0.25, -0.2) is 4.79 Å². The highest BCUT2D eigenvalue weighted by atomic mass is 16.6. The number of rotatable bonds is 2. The van der Waals surface area contributed by atoms with Crippen LogP contribution in [0.1, 0.15) is 39.2 Å². The van der Waals surface area contributed by atoms with Gasteiger partial charge in [-0.1, -0.05) is 51.1 Å². The average molecular weight is 333 g/mol. The van der Waals surface area contributed by atoms with E-state index in [2.05, 4.69) is 0 Å². The number of morpholine rings is 1. The quantitative estimate of drug-likeness (QED) is 0.904. The molecule has 3 rings (SSSR count). The van der Waals surface area contributed by atoms with Crippen LogP contribution in [0.2, 0.25) is 0 Å². The summed E-state index contributed by atoms with van der Waals surface area (Å²) >= 11 is 0. The lowest BCUT2D eigenvalue weighted by Crippen LogP contribution is -2.66. The Balaban J connectivity index is 1.69. The van der Waals surface area contributed by atoms with Gasteiger partial charge in [0.1, 0.15) is 6.61 Å². The van der Waals surface area contributed by atoms with Gasteiger partial charge in [0.25, 0.3) is 0 Å². The summed E-state index contributed by atoms with van der Waals surface area (Å²) in [6.07, 6.45) is 0.731. The molecule has 0 radical (unpaired) electrons. The van der Waals surface area contributed by atoms with Crippen molar-refractivity contribution in [3.63, 3.8) is 0 Å². The molecule has 0 aliphatic carbocycles. The molecular weight excluding hydrogens is 306 g/mol. The van der Waals surface area contributed by atoms with Gasteiger partial charge in [0.05, 0.1) is 30.9 Å². The summed E-state index contributed by atoms with van der Waals surface area (Å²) in [7, 11) is 0. The first-order valence-corrected chi connectivity index (χ1v) is 8.59. The SMILES string of the molecule is CC(C)(C)C1(O)CC2COCC(C1)N2C(=O)OCc1ccccc1. The summed E-state index contributed by atoms with van der Waals surface area (Å²) in [6.45, 7) is 7.32. The summed E-state index contributed by atoms with van der Waals surface area (Å²) in [5, 5.41) is 11.1. The van der Waals surface area contributed by atoms with Gasteiger partial charge in [-0.2, -0.15) is 0 Å². The molecule has 1 aromatic rings. The zero-order chi connectivity index (χ0) is 17.4. The molecule has 0 aromatic heterocycles. The van der Waals surface area contributed by atoms with Crippen LogP contribution in [-0.2, 0) is 16.1 Å². The average Bonchev–Trinajstić information content (AvgIpc) is 2.52. The Morgan fingerprint density at radius 3 is 2.38 bits per heavy atom. The number of hydrogen-bond acceptors (Lipinski definition) is 4. The second-order valence-electron chi connectivity index (χ2n) is 7.98. The van der Waals surface area contributed by atoms with Gasteiger partial charge in [-0.15, -0.1) is 0 Å². The molecule has 2 heterocycles. The number of benzene rings is 1. The molecule has 132 valence electrons. The van der Waals surface area contributed by atoms with Crippen LogP contribution in [0.25, 0.3) is 0 Å². The minimum Gasteiger partial charge on any atom is -0.445 e. The van der Waals surface area contributed by atoms with Crippen molar-refractivity contribution in [3.05, 3.63) is 35.9 Å². The maximum absolute atomic E-state index is 12.6. The maximum Gasteiger partial charge on any atom is 0.410 e. The number of ether oxygens (including phenoxy) is 2. The van der Waals surface area contributed by atoms with Gasteiger partial charge < -0.3 is 14.6 Å². The number of amides is 1. The van der Waals surface area contributed by atoms with Crippen molar-refractivity contribution in [1.82, 2.24) is 4.90 Å². The first-order chi connectivity index (χ1) is 11.3. The molecule has 2 aliphatic heterocycles. The van der Waals surface area contributed by atoms with E-state index < -0.39 is 5.60 Å². The Bertz CT molecular complexity index is 567. The zero-order valence-corrected chi connectivity index (χ0v) is 14.7. The van der Waals surface area contributed by atoms with E-state index in [0.717, 1.165) is 5.56 Å². The van der Waals surface area contributed by atoms with Crippen molar-refractivity contribution in [3.8, 4) is 0 Å². The smallest absolute Gasteiger partial charge is 0.410 e.